The molecule has 5 nitrogen and oxygen atoms in total. The van der Waals surface area contributed by atoms with Gasteiger partial charge in [-0.3, -0.25) is 4.68 Å². The molecule has 3 rings (SSSR count). The maximum absolute atomic E-state index is 4.64. The van der Waals surface area contributed by atoms with E-state index in [1.54, 1.807) is 0 Å². The van der Waals surface area contributed by atoms with Gasteiger partial charge in [0.2, 0.25) is 0 Å². The zero-order valence-corrected chi connectivity index (χ0v) is 12.7. The second kappa shape index (κ2) is 5.69. The average molecular weight is 283 g/mol. The number of rotatable bonds is 5. The van der Waals surface area contributed by atoms with Gasteiger partial charge in [0, 0.05) is 36.5 Å². The summed E-state index contributed by atoms with van der Waals surface area (Å²) in [7, 11) is 1.98. The molecule has 0 aliphatic rings. The van der Waals surface area contributed by atoms with E-state index < -0.39 is 0 Å². The number of pyridine rings is 1. The minimum atomic E-state index is 0.209. The summed E-state index contributed by atoms with van der Waals surface area (Å²) in [6.45, 7) is 4.27. The van der Waals surface area contributed by atoms with Crippen molar-refractivity contribution < 1.29 is 0 Å². The first-order valence-corrected chi connectivity index (χ1v) is 7.32. The molecule has 0 bridgehead atoms. The summed E-state index contributed by atoms with van der Waals surface area (Å²) < 4.78 is 3.91. The van der Waals surface area contributed by atoms with Crippen molar-refractivity contribution in [2.45, 2.75) is 32.4 Å². The highest BCUT2D eigenvalue weighted by molar-refractivity contribution is 5.55. The van der Waals surface area contributed by atoms with E-state index in [0.717, 1.165) is 17.6 Å². The van der Waals surface area contributed by atoms with Gasteiger partial charge in [-0.05, 0) is 39.1 Å². The second-order valence-electron chi connectivity index (χ2n) is 5.56. The van der Waals surface area contributed by atoms with Crippen molar-refractivity contribution in [3.8, 4) is 0 Å². The number of fused-ring (bicyclic) bond motifs is 1. The molecule has 0 fully saturated rings. The number of hydrogen-bond acceptors (Lipinski definition) is 3. The van der Waals surface area contributed by atoms with Crippen molar-refractivity contribution in [3.63, 3.8) is 0 Å². The van der Waals surface area contributed by atoms with Crippen molar-refractivity contribution in [2.75, 3.05) is 7.05 Å². The normalized spacial score (nSPS) is 13.1. The Morgan fingerprint density at radius 1 is 1.19 bits per heavy atom. The Morgan fingerprint density at radius 3 is 2.76 bits per heavy atom. The highest BCUT2D eigenvalue weighted by Gasteiger charge is 2.16. The zero-order valence-electron chi connectivity index (χ0n) is 12.7. The van der Waals surface area contributed by atoms with Crippen molar-refractivity contribution in [3.05, 3.63) is 54.1 Å². The fourth-order valence-corrected chi connectivity index (χ4v) is 2.57. The lowest BCUT2D eigenvalue weighted by molar-refractivity contribution is 0.515. The molecule has 110 valence electrons. The Bertz CT molecular complexity index is 725. The molecule has 5 heteroatoms. The Balaban J connectivity index is 1.87. The van der Waals surface area contributed by atoms with Crippen molar-refractivity contribution in [1.29, 1.82) is 0 Å². The zero-order chi connectivity index (χ0) is 14.8. The van der Waals surface area contributed by atoms with Crippen LogP contribution in [0, 0.1) is 0 Å². The SMILES string of the molecule is CNC(Cc1ccn(C(C)C)n1)c1cnn2ccccc12. The smallest absolute Gasteiger partial charge is 0.0709 e. The van der Waals surface area contributed by atoms with Gasteiger partial charge in [0.1, 0.15) is 0 Å². The van der Waals surface area contributed by atoms with Crippen LogP contribution in [0.25, 0.3) is 5.52 Å². The molecule has 0 saturated carbocycles. The van der Waals surface area contributed by atoms with Gasteiger partial charge in [-0.25, -0.2) is 4.52 Å². The molecule has 21 heavy (non-hydrogen) atoms. The predicted molar refractivity (Wildman–Crippen MR) is 83.3 cm³/mol. The van der Waals surface area contributed by atoms with Gasteiger partial charge in [0.05, 0.1) is 17.4 Å². The van der Waals surface area contributed by atoms with E-state index in [4.69, 9.17) is 0 Å². The quantitative estimate of drug-likeness (QED) is 0.783. The molecule has 0 aromatic carbocycles. The van der Waals surface area contributed by atoms with Crippen molar-refractivity contribution in [2.24, 2.45) is 0 Å². The summed E-state index contributed by atoms with van der Waals surface area (Å²) in [6, 6.07) is 8.82. The molecule has 0 radical (unpaired) electrons. The number of nitrogens with one attached hydrogen (secondary N) is 1. The van der Waals surface area contributed by atoms with E-state index >= 15 is 0 Å². The second-order valence-corrected chi connectivity index (χ2v) is 5.56. The predicted octanol–water partition coefficient (Wildman–Crippen LogP) is 2.61. The van der Waals surface area contributed by atoms with Crippen molar-refractivity contribution >= 4 is 5.52 Å². The highest BCUT2D eigenvalue weighted by Crippen LogP contribution is 2.22. The molecule has 0 amide bonds. The van der Waals surface area contributed by atoms with Crippen LogP contribution in [0.2, 0.25) is 0 Å². The Kier molecular flexibility index (Phi) is 3.75. The van der Waals surface area contributed by atoms with Gasteiger partial charge in [-0.15, -0.1) is 0 Å². The molecule has 1 unspecified atom stereocenters. The largest absolute Gasteiger partial charge is 0.313 e. The molecule has 0 spiro atoms. The topological polar surface area (TPSA) is 47.2 Å². The van der Waals surface area contributed by atoms with Crippen LogP contribution in [0.1, 0.15) is 37.2 Å². The third-order valence-corrected chi connectivity index (χ3v) is 3.79. The average Bonchev–Trinajstić information content (AvgIpc) is 3.11. The van der Waals surface area contributed by atoms with E-state index in [2.05, 4.69) is 41.5 Å². The maximum atomic E-state index is 4.64. The summed E-state index contributed by atoms with van der Waals surface area (Å²) >= 11 is 0. The van der Waals surface area contributed by atoms with Crippen LogP contribution in [0.5, 0.6) is 0 Å². The standard InChI is InChI=1S/C16H21N5/c1-12(2)20-9-7-13(19-20)10-15(17-3)14-11-18-21-8-5-4-6-16(14)21/h4-9,11-12,15,17H,10H2,1-3H3. The molecule has 0 aliphatic carbocycles. The van der Waals surface area contributed by atoms with Crippen LogP contribution >= 0.6 is 0 Å². The van der Waals surface area contributed by atoms with Gasteiger partial charge in [-0.2, -0.15) is 10.2 Å². The van der Waals surface area contributed by atoms with Crippen LogP contribution in [-0.2, 0) is 6.42 Å². The van der Waals surface area contributed by atoms with Crippen LogP contribution < -0.4 is 5.32 Å². The molecular weight excluding hydrogens is 262 g/mol. The minimum Gasteiger partial charge on any atom is -0.313 e. The molecule has 3 aromatic rings. The first-order chi connectivity index (χ1) is 10.2. The Labute approximate surface area is 124 Å². The monoisotopic (exact) mass is 283 g/mol. The Morgan fingerprint density at radius 2 is 2.05 bits per heavy atom. The fourth-order valence-electron chi connectivity index (χ4n) is 2.57. The molecule has 1 N–H and O–H groups in total. The number of nitrogens with zero attached hydrogens (tertiary/aromatic N) is 4. The first kappa shape index (κ1) is 13.8. The highest BCUT2D eigenvalue weighted by atomic mass is 15.3. The fraction of sp³-hybridized carbons (Fsp3) is 0.375. The third-order valence-electron chi connectivity index (χ3n) is 3.79. The summed E-state index contributed by atoms with van der Waals surface area (Å²) in [4.78, 5) is 0. The summed E-state index contributed by atoms with van der Waals surface area (Å²) in [5, 5.41) is 12.4. The van der Waals surface area contributed by atoms with E-state index in [1.807, 2.05) is 47.0 Å². The van der Waals surface area contributed by atoms with Gasteiger partial charge >= 0.3 is 0 Å². The number of likely N-dealkylation sites (N-methyl/N-ethyl adjacent to an activating group) is 1. The Hall–Kier alpha value is -2.14. The van der Waals surface area contributed by atoms with Crippen molar-refractivity contribution in [1.82, 2.24) is 24.7 Å². The van der Waals surface area contributed by atoms with Gasteiger partial charge in [0.25, 0.3) is 0 Å². The lowest BCUT2D eigenvalue weighted by Crippen LogP contribution is -2.19. The van der Waals surface area contributed by atoms with Crippen LogP contribution in [0.4, 0.5) is 0 Å². The van der Waals surface area contributed by atoms with Crippen LogP contribution in [-0.4, -0.2) is 26.4 Å². The number of hydrogen-bond donors (Lipinski definition) is 1. The van der Waals surface area contributed by atoms with Gasteiger partial charge in [0.15, 0.2) is 0 Å². The lowest BCUT2D eigenvalue weighted by Gasteiger charge is -2.14. The van der Waals surface area contributed by atoms with E-state index in [0.29, 0.717) is 6.04 Å². The summed E-state index contributed by atoms with van der Waals surface area (Å²) in [5.74, 6) is 0. The van der Waals surface area contributed by atoms with Gasteiger partial charge < -0.3 is 5.32 Å². The number of aromatic nitrogens is 4. The molecule has 0 aliphatic heterocycles. The van der Waals surface area contributed by atoms with Gasteiger partial charge in [-0.1, -0.05) is 6.07 Å². The van der Waals surface area contributed by atoms with E-state index in [9.17, 15) is 0 Å². The minimum absolute atomic E-state index is 0.209. The molecule has 0 saturated heterocycles. The summed E-state index contributed by atoms with van der Waals surface area (Å²) in [5.41, 5.74) is 3.44. The van der Waals surface area contributed by atoms with Crippen LogP contribution in [0.3, 0.4) is 0 Å². The van der Waals surface area contributed by atoms with Crippen LogP contribution in [0.15, 0.2) is 42.9 Å². The molecule has 3 aromatic heterocycles. The lowest BCUT2D eigenvalue weighted by atomic mass is 10.0. The van der Waals surface area contributed by atoms with E-state index in [-0.39, 0.29) is 6.04 Å². The molecule has 3 heterocycles. The summed E-state index contributed by atoms with van der Waals surface area (Å²) in [6.07, 6.45) is 6.81. The van der Waals surface area contributed by atoms with E-state index in [1.165, 1.54) is 5.56 Å². The third kappa shape index (κ3) is 2.69. The maximum Gasteiger partial charge on any atom is 0.0709 e. The first-order valence-electron chi connectivity index (χ1n) is 7.32. The molecule has 1 atom stereocenters. The molecular formula is C16H21N5.